The van der Waals surface area contributed by atoms with Crippen molar-refractivity contribution in [1.82, 2.24) is 0 Å². The minimum Gasteiger partial charge on any atom is -0.254 e. The van der Waals surface area contributed by atoms with Gasteiger partial charge in [-0.15, -0.1) is 0 Å². The molecule has 0 spiro atoms. The number of anilines is 2. The van der Waals surface area contributed by atoms with Gasteiger partial charge in [-0.05, 0) is 23.8 Å². The van der Waals surface area contributed by atoms with E-state index in [9.17, 15) is 8.42 Å². The largest absolute Gasteiger partial charge is 0.326 e. The zero-order valence-corrected chi connectivity index (χ0v) is 12.4. The van der Waals surface area contributed by atoms with Crippen LogP contribution < -0.4 is 8.61 Å². The van der Waals surface area contributed by atoms with Crippen LogP contribution in [0.5, 0.6) is 0 Å². The lowest BCUT2D eigenvalue weighted by Gasteiger charge is -2.19. The Bertz CT molecular complexity index is 761. The van der Waals surface area contributed by atoms with E-state index in [4.69, 9.17) is 11.6 Å². The molecule has 0 N–H and O–H groups in total. The summed E-state index contributed by atoms with van der Waals surface area (Å²) in [4.78, 5) is 0. The highest BCUT2D eigenvalue weighted by molar-refractivity contribution is 7.94. The molecule has 1 aliphatic heterocycles. The van der Waals surface area contributed by atoms with Crippen LogP contribution >= 0.6 is 11.6 Å². The molecule has 1 heterocycles. The Morgan fingerprint density at radius 1 is 1.00 bits per heavy atom. The zero-order chi connectivity index (χ0) is 14.3. The van der Waals surface area contributed by atoms with Gasteiger partial charge >= 0.3 is 10.2 Å². The number of para-hydroxylation sites is 2. The van der Waals surface area contributed by atoms with E-state index >= 15 is 0 Å². The van der Waals surface area contributed by atoms with E-state index < -0.39 is 10.2 Å². The minimum atomic E-state index is -3.53. The summed E-state index contributed by atoms with van der Waals surface area (Å²) in [6.07, 6.45) is 0. The van der Waals surface area contributed by atoms with Crippen LogP contribution in [0.2, 0.25) is 5.02 Å². The van der Waals surface area contributed by atoms with Crippen molar-refractivity contribution >= 4 is 33.2 Å². The molecule has 1 aliphatic rings. The first kappa shape index (κ1) is 13.3. The second-order valence-corrected chi connectivity index (χ2v) is 6.85. The minimum absolute atomic E-state index is 0.226. The van der Waals surface area contributed by atoms with Crippen molar-refractivity contribution < 1.29 is 8.42 Å². The number of nitrogens with zero attached hydrogens (tertiary/aromatic N) is 2. The summed E-state index contributed by atoms with van der Waals surface area (Å²) >= 11 is 6.12. The van der Waals surface area contributed by atoms with Gasteiger partial charge in [-0.1, -0.05) is 41.9 Å². The van der Waals surface area contributed by atoms with Gasteiger partial charge in [0.1, 0.15) is 0 Å². The number of rotatable bonds is 2. The summed E-state index contributed by atoms with van der Waals surface area (Å²) in [6, 6.07) is 14.5. The SMILES string of the molecule is CN1c2ccccc2N(Cc2ccccc2Cl)S1(=O)=O. The number of hydrogen-bond donors (Lipinski definition) is 0. The van der Waals surface area contributed by atoms with Crippen molar-refractivity contribution in [2.24, 2.45) is 0 Å². The van der Waals surface area contributed by atoms with Crippen LogP contribution in [0.1, 0.15) is 5.56 Å². The Morgan fingerprint density at radius 2 is 1.60 bits per heavy atom. The monoisotopic (exact) mass is 308 g/mol. The van der Waals surface area contributed by atoms with E-state index in [1.807, 2.05) is 30.3 Å². The smallest absolute Gasteiger partial charge is 0.254 e. The molecule has 6 heteroatoms. The van der Waals surface area contributed by atoms with E-state index in [2.05, 4.69) is 0 Å². The maximum absolute atomic E-state index is 12.5. The molecule has 104 valence electrons. The second-order valence-electron chi connectivity index (χ2n) is 4.56. The predicted molar refractivity (Wildman–Crippen MR) is 81.4 cm³/mol. The van der Waals surface area contributed by atoms with Crippen LogP contribution in [-0.2, 0) is 16.8 Å². The van der Waals surface area contributed by atoms with Crippen LogP contribution in [-0.4, -0.2) is 15.5 Å². The Hall–Kier alpha value is -1.72. The third-order valence-electron chi connectivity index (χ3n) is 3.39. The Balaban J connectivity index is 2.07. The Labute approximate surface area is 123 Å². The molecular weight excluding hydrogens is 296 g/mol. The number of hydrogen-bond acceptors (Lipinski definition) is 2. The average molecular weight is 309 g/mol. The van der Waals surface area contributed by atoms with Crippen LogP contribution in [0, 0.1) is 0 Å². The van der Waals surface area contributed by atoms with Crippen molar-refractivity contribution in [2.45, 2.75) is 6.54 Å². The first-order chi connectivity index (χ1) is 9.51. The highest BCUT2D eigenvalue weighted by Crippen LogP contribution is 2.40. The normalized spacial score (nSPS) is 16.3. The van der Waals surface area contributed by atoms with Crippen molar-refractivity contribution in [3.63, 3.8) is 0 Å². The van der Waals surface area contributed by atoms with Gasteiger partial charge < -0.3 is 0 Å². The van der Waals surface area contributed by atoms with E-state index in [-0.39, 0.29) is 6.54 Å². The maximum atomic E-state index is 12.5. The summed E-state index contributed by atoms with van der Waals surface area (Å²) in [5.74, 6) is 0. The number of benzene rings is 2. The summed E-state index contributed by atoms with van der Waals surface area (Å²) in [5, 5.41) is 0.565. The van der Waals surface area contributed by atoms with Crippen LogP contribution in [0.15, 0.2) is 48.5 Å². The highest BCUT2D eigenvalue weighted by Gasteiger charge is 2.37. The summed E-state index contributed by atoms with van der Waals surface area (Å²) in [5.41, 5.74) is 2.14. The van der Waals surface area contributed by atoms with Gasteiger partial charge in [0.15, 0.2) is 0 Å². The number of halogens is 1. The van der Waals surface area contributed by atoms with E-state index in [1.54, 1.807) is 25.2 Å². The Morgan fingerprint density at radius 3 is 2.30 bits per heavy atom. The first-order valence-electron chi connectivity index (χ1n) is 6.11. The highest BCUT2D eigenvalue weighted by atomic mass is 35.5. The zero-order valence-electron chi connectivity index (χ0n) is 10.8. The van der Waals surface area contributed by atoms with Crippen LogP contribution in [0.3, 0.4) is 0 Å². The molecule has 0 fully saturated rings. The molecule has 3 rings (SSSR count). The molecule has 0 aromatic heterocycles. The van der Waals surface area contributed by atoms with Crippen molar-refractivity contribution in [3.8, 4) is 0 Å². The molecule has 0 radical (unpaired) electrons. The molecule has 4 nitrogen and oxygen atoms in total. The standard InChI is InChI=1S/C14H13ClN2O2S/c1-16-13-8-4-5-9-14(13)17(20(16,18)19)10-11-6-2-3-7-12(11)15/h2-9H,10H2,1H3. The van der Waals surface area contributed by atoms with Crippen molar-refractivity contribution in [2.75, 3.05) is 15.7 Å². The van der Waals surface area contributed by atoms with Gasteiger partial charge in [-0.25, -0.2) is 4.31 Å². The predicted octanol–water partition coefficient (Wildman–Crippen LogP) is 3.04. The molecule has 2 aromatic carbocycles. The fourth-order valence-corrected chi connectivity index (χ4v) is 3.89. The molecule has 0 unspecified atom stereocenters. The fourth-order valence-electron chi connectivity index (χ4n) is 2.29. The Kier molecular flexibility index (Phi) is 3.11. The second kappa shape index (κ2) is 4.68. The lowest BCUT2D eigenvalue weighted by atomic mass is 10.2. The summed E-state index contributed by atoms with van der Waals surface area (Å²) in [6.45, 7) is 0.226. The third kappa shape index (κ3) is 1.94. The van der Waals surface area contributed by atoms with E-state index in [0.717, 1.165) is 5.56 Å². The lowest BCUT2D eigenvalue weighted by Crippen LogP contribution is -2.35. The van der Waals surface area contributed by atoms with Gasteiger partial charge in [0.05, 0.1) is 17.9 Å². The summed E-state index contributed by atoms with van der Waals surface area (Å²) < 4.78 is 27.6. The van der Waals surface area contributed by atoms with E-state index in [1.165, 1.54) is 8.61 Å². The molecule has 0 amide bonds. The van der Waals surface area contributed by atoms with E-state index in [0.29, 0.717) is 16.4 Å². The maximum Gasteiger partial charge on any atom is 0.326 e. The van der Waals surface area contributed by atoms with Gasteiger partial charge in [-0.3, -0.25) is 4.31 Å². The molecular formula is C14H13ClN2O2S. The van der Waals surface area contributed by atoms with Crippen molar-refractivity contribution in [3.05, 3.63) is 59.1 Å². The molecule has 0 aliphatic carbocycles. The number of fused-ring (bicyclic) bond motifs is 1. The van der Waals surface area contributed by atoms with Crippen molar-refractivity contribution in [1.29, 1.82) is 0 Å². The quantitative estimate of drug-likeness (QED) is 0.855. The molecule has 0 bridgehead atoms. The van der Waals surface area contributed by atoms with Crippen LogP contribution in [0.25, 0.3) is 0 Å². The average Bonchev–Trinajstić information content (AvgIpc) is 2.63. The molecule has 0 saturated heterocycles. The molecule has 0 saturated carbocycles. The van der Waals surface area contributed by atoms with Crippen LogP contribution in [0.4, 0.5) is 11.4 Å². The third-order valence-corrected chi connectivity index (χ3v) is 5.53. The molecule has 2 aromatic rings. The lowest BCUT2D eigenvalue weighted by molar-refractivity contribution is 0.592. The van der Waals surface area contributed by atoms with Gasteiger partial charge in [-0.2, -0.15) is 8.42 Å². The first-order valence-corrected chi connectivity index (χ1v) is 7.88. The van der Waals surface area contributed by atoms with Gasteiger partial charge in [0, 0.05) is 12.1 Å². The summed E-state index contributed by atoms with van der Waals surface area (Å²) in [7, 11) is -1.98. The van der Waals surface area contributed by atoms with Gasteiger partial charge in [0.25, 0.3) is 0 Å². The van der Waals surface area contributed by atoms with Gasteiger partial charge in [0.2, 0.25) is 0 Å². The topological polar surface area (TPSA) is 40.6 Å². The molecule has 0 atom stereocenters. The fraction of sp³-hybridized carbons (Fsp3) is 0.143. The molecule has 20 heavy (non-hydrogen) atoms.